The number of alkyl halides is 1. The molecule has 0 bridgehead atoms. The van der Waals surface area contributed by atoms with Crippen LogP contribution in [0, 0.1) is 0 Å². The Hall–Kier alpha value is -0.700. The van der Waals surface area contributed by atoms with E-state index in [9.17, 15) is 0 Å². The second-order valence-corrected chi connectivity index (χ2v) is 6.85. The Morgan fingerprint density at radius 1 is 1.10 bits per heavy atom. The molecule has 20 heavy (non-hydrogen) atoms. The number of aromatic nitrogens is 2. The van der Waals surface area contributed by atoms with Gasteiger partial charge in [-0.1, -0.05) is 56.1 Å². The maximum absolute atomic E-state index is 6.41. The zero-order valence-electron chi connectivity index (χ0n) is 11.8. The molecule has 0 atom stereocenters. The highest BCUT2D eigenvalue weighted by Gasteiger charge is 2.25. The minimum atomic E-state index is -0.0842. The molecule has 0 N–H and O–H groups in total. The van der Waals surface area contributed by atoms with Gasteiger partial charge >= 0.3 is 0 Å². The molecule has 0 saturated heterocycles. The first-order valence-corrected chi connectivity index (χ1v) is 7.68. The van der Waals surface area contributed by atoms with E-state index in [1.165, 1.54) is 0 Å². The van der Waals surface area contributed by atoms with Gasteiger partial charge in [-0.3, -0.25) is 0 Å². The predicted octanol–water partition coefficient (Wildman–Crippen LogP) is 5.27. The third-order valence-corrected chi connectivity index (χ3v) is 4.01. The van der Waals surface area contributed by atoms with Gasteiger partial charge in [-0.25, -0.2) is 4.68 Å². The molecule has 0 saturated carbocycles. The van der Waals surface area contributed by atoms with Crippen molar-refractivity contribution >= 4 is 34.8 Å². The maximum Gasteiger partial charge on any atom is 0.132 e. The van der Waals surface area contributed by atoms with E-state index in [1.54, 1.807) is 4.68 Å². The van der Waals surface area contributed by atoms with E-state index in [2.05, 4.69) is 25.9 Å². The molecule has 0 spiro atoms. The van der Waals surface area contributed by atoms with Crippen LogP contribution in [0.5, 0.6) is 0 Å². The van der Waals surface area contributed by atoms with E-state index in [4.69, 9.17) is 34.8 Å². The van der Waals surface area contributed by atoms with Crippen LogP contribution < -0.4 is 0 Å². The summed E-state index contributed by atoms with van der Waals surface area (Å²) < 4.78 is 1.79. The van der Waals surface area contributed by atoms with Crippen molar-refractivity contribution in [3.8, 4) is 0 Å². The standard InChI is InChI=1S/C15H17Cl3N2/c1-15(2,3)13-12(8-16)14(18)20(19-13)9-10-4-6-11(17)7-5-10/h4-7H,8-9H2,1-3H3. The van der Waals surface area contributed by atoms with Crippen LogP contribution in [0.4, 0.5) is 0 Å². The fraction of sp³-hybridized carbons (Fsp3) is 0.400. The smallest absolute Gasteiger partial charge is 0.132 e. The van der Waals surface area contributed by atoms with Crippen LogP contribution in [0.25, 0.3) is 0 Å². The van der Waals surface area contributed by atoms with Gasteiger partial charge in [-0.2, -0.15) is 5.10 Å². The fourth-order valence-corrected chi connectivity index (χ4v) is 2.77. The van der Waals surface area contributed by atoms with E-state index >= 15 is 0 Å². The predicted molar refractivity (Wildman–Crippen MR) is 86.0 cm³/mol. The van der Waals surface area contributed by atoms with Crippen molar-refractivity contribution in [3.05, 3.63) is 51.3 Å². The SMILES string of the molecule is CC(C)(C)c1nn(Cc2ccc(Cl)cc2)c(Cl)c1CCl. The van der Waals surface area contributed by atoms with E-state index in [0.29, 0.717) is 17.6 Å². The Labute approximate surface area is 134 Å². The lowest BCUT2D eigenvalue weighted by molar-refractivity contribution is 0.542. The summed E-state index contributed by atoms with van der Waals surface area (Å²) in [6, 6.07) is 7.66. The second kappa shape index (κ2) is 5.97. The van der Waals surface area contributed by atoms with Crippen LogP contribution in [0.3, 0.4) is 0 Å². The molecule has 0 aliphatic carbocycles. The molecule has 2 aromatic rings. The average molecular weight is 332 g/mol. The van der Waals surface area contributed by atoms with Crippen molar-refractivity contribution in [1.29, 1.82) is 0 Å². The van der Waals surface area contributed by atoms with Crippen LogP contribution in [0.2, 0.25) is 10.2 Å². The first kappa shape index (κ1) is 15.7. The summed E-state index contributed by atoms with van der Waals surface area (Å²) in [6.45, 7) is 6.92. The highest BCUT2D eigenvalue weighted by molar-refractivity contribution is 6.31. The first-order valence-electron chi connectivity index (χ1n) is 6.39. The summed E-state index contributed by atoms with van der Waals surface area (Å²) in [5.74, 6) is 0.367. The van der Waals surface area contributed by atoms with Crippen LogP contribution in [0.1, 0.15) is 37.6 Å². The largest absolute Gasteiger partial charge is 0.249 e. The van der Waals surface area contributed by atoms with Gasteiger partial charge in [-0.05, 0) is 17.7 Å². The summed E-state index contributed by atoms with van der Waals surface area (Å²) >= 11 is 18.3. The molecule has 2 rings (SSSR count). The summed E-state index contributed by atoms with van der Waals surface area (Å²) in [6.07, 6.45) is 0. The fourth-order valence-electron chi connectivity index (χ4n) is 2.07. The van der Waals surface area contributed by atoms with Gasteiger partial charge in [0.05, 0.1) is 18.1 Å². The van der Waals surface area contributed by atoms with Crippen molar-refractivity contribution in [3.63, 3.8) is 0 Å². The van der Waals surface area contributed by atoms with Gasteiger partial charge in [0.1, 0.15) is 5.15 Å². The Morgan fingerprint density at radius 2 is 1.70 bits per heavy atom. The zero-order valence-corrected chi connectivity index (χ0v) is 14.0. The zero-order chi connectivity index (χ0) is 14.9. The summed E-state index contributed by atoms with van der Waals surface area (Å²) in [7, 11) is 0. The Morgan fingerprint density at radius 3 is 2.15 bits per heavy atom. The van der Waals surface area contributed by atoms with Crippen LogP contribution >= 0.6 is 34.8 Å². The normalized spacial score (nSPS) is 11.9. The third-order valence-electron chi connectivity index (χ3n) is 3.07. The highest BCUT2D eigenvalue weighted by atomic mass is 35.5. The van der Waals surface area contributed by atoms with Gasteiger partial charge in [0.15, 0.2) is 0 Å². The van der Waals surface area contributed by atoms with Crippen LogP contribution in [-0.2, 0) is 17.8 Å². The third kappa shape index (κ3) is 3.30. The van der Waals surface area contributed by atoms with Crippen molar-refractivity contribution in [2.45, 2.75) is 38.6 Å². The Bertz CT molecular complexity index is 595. The molecular formula is C15H17Cl3N2. The van der Waals surface area contributed by atoms with Gasteiger partial charge in [0, 0.05) is 16.0 Å². The number of rotatable bonds is 3. The second-order valence-electron chi connectivity index (χ2n) is 5.79. The highest BCUT2D eigenvalue weighted by Crippen LogP contribution is 2.31. The molecule has 0 unspecified atom stereocenters. The lowest BCUT2D eigenvalue weighted by Crippen LogP contribution is -2.14. The molecule has 2 nitrogen and oxygen atoms in total. The minimum absolute atomic E-state index is 0.0842. The summed E-state index contributed by atoms with van der Waals surface area (Å²) in [5.41, 5.74) is 2.88. The average Bonchev–Trinajstić information content (AvgIpc) is 2.69. The molecule has 0 aliphatic rings. The molecule has 0 amide bonds. The number of hydrogen-bond donors (Lipinski definition) is 0. The van der Waals surface area contributed by atoms with Crippen molar-refractivity contribution < 1.29 is 0 Å². The number of halogens is 3. The van der Waals surface area contributed by atoms with Crippen LogP contribution in [-0.4, -0.2) is 9.78 Å². The van der Waals surface area contributed by atoms with Crippen LogP contribution in [0.15, 0.2) is 24.3 Å². The molecule has 1 heterocycles. The van der Waals surface area contributed by atoms with Crippen molar-refractivity contribution in [2.75, 3.05) is 0 Å². The number of hydrogen-bond acceptors (Lipinski definition) is 1. The molecule has 1 aromatic heterocycles. The lowest BCUT2D eigenvalue weighted by atomic mass is 9.90. The quantitative estimate of drug-likeness (QED) is 0.700. The Kier molecular flexibility index (Phi) is 4.68. The molecule has 108 valence electrons. The summed E-state index contributed by atoms with van der Waals surface area (Å²) in [5, 5.41) is 5.97. The van der Waals surface area contributed by atoms with E-state index in [0.717, 1.165) is 21.8 Å². The van der Waals surface area contributed by atoms with Gasteiger partial charge in [0.25, 0.3) is 0 Å². The lowest BCUT2D eigenvalue weighted by Gasteiger charge is -2.16. The van der Waals surface area contributed by atoms with Gasteiger partial charge < -0.3 is 0 Å². The topological polar surface area (TPSA) is 17.8 Å². The van der Waals surface area contributed by atoms with E-state index in [1.807, 2.05) is 24.3 Å². The van der Waals surface area contributed by atoms with E-state index < -0.39 is 0 Å². The monoisotopic (exact) mass is 330 g/mol. The first-order chi connectivity index (χ1) is 9.32. The molecule has 0 radical (unpaired) electrons. The molecular weight excluding hydrogens is 315 g/mol. The maximum atomic E-state index is 6.41. The van der Waals surface area contributed by atoms with Gasteiger partial charge in [-0.15, -0.1) is 11.6 Å². The molecule has 5 heteroatoms. The van der Waals surface area contributed by atoms with Crippen molar-refractivity contribution in [1.82, 2.24) is 9.78 Å². The van der Waals surface area contributed by atoms with E-state index in [-0.39, 0.29) is 5.41 Å². The number of benzene rings is 1. The number of nitrogens with zero attached hydrogens (tertiary/aromatic N) is 2. The van der Waals surface area contributed by atoms with Crippen molar-refractivity contribution in [2.24, 2.45) is 0 Å². The molecule has 0 fully saturated rings. The molecule has 1 aromatic carbocycles. The van der Waals surface area contributed by atoms with Gasteiger partial charge in [0.2, 0.25) is 0 Å². The Balaban J connectivity index is 2.38. The summed E-state index contributed by atoms with van der Waals surface area (Å²) in [4.78, 5) is 0. The minimum Gasteiger partial charge on any atom is -0.249 e. The molecule has 0 aliphatic heterocycles.